The lowest BCUT2D eigenvalue weighted by molar-refractivity contribution is -0.136. The molecule has 2 saturated heterocycles. The molecule has 12 heteroatoms. The molecule has 0 radical (unpaired) electrons. The average molecular weight is 583 g/mol. The first-order valence-corrected chi connectivity index (χ1v) is 14.6. The first-order valence-electron chi connectivity index (χ1n) is 12.9. The van der Waals surface area contributed by atoms with Crippen LogP contribution in [0, 0.1) is 11.7 Å². The number of imide groups is 1. The van der Waals surface area contributed by atoms with Crippen LogP contribution in [0.5, 0.6) is 0 Å². The predicted octanol–water partition coefficient (Wildman–Crippen LogP) is 2.77. The van der Waals surface area contributed by atoms with Crippen LogP contribution in [0.15, 0.2) is 58.4 Å². The molecule has 6 rings (SSSR count). The van der Waals surface area contributed by atoms with Crippen LogP contribution in [0.1, 0.15) is 16.4 Å². The van der Waals surface area contributed by atoms with E-state index >= 15 is 0 Å². The Morgan fingerprint density at radius 2 is 1.68 bits per heavy atom. The quantitative estimate of drug-likeness (QED) is 0.428. The van der Waals surface area contributed by atoms with Gasteiger partial charge in [-0.3, -0.25) is 23.7 Å². The number of hydrogen-bond acceptors (Lipinski definition) is 8. The fraction of sp³-hybridized carbons (Fsp3) is 0.357. The number of hydrogen-bond donors (Lipinski definition) is 0. The highest BCUT2D eigenvalue weighted by atomic mass is 32.2. The molecule has 40 heavy (non-hydrogen) atoms. The van der Waals surface area contributed by atoms with Crippen LogP contribution in [0.2, 0.25) is 0 Å². The molecule has 3 atom stereocenters. The fourth-order valence-electron chi connectivity index (χ4n) is 5.49. The van der Waals surface area contributed by atoms with Gasteiger partial charge in [-0.25, -0.2) is 9.29 Å². The van der Waals surface area contributed by atoms with Gasteiger partial charge in [-0.1, -0.05) is 35.2 Å². The van der Waals surface area contributed by atoms with Gasteiger partial charge in [-0.05, 0) is 42.0 Å². The van der Waals surface area contributed by atoms with E-state index in [2.05, 4.69) is 0 Å². The van der Waals surface area contributed by atoms with Gasteiger partial charge in [0.1, 0.15) is 17.6 Å². The van der Waals surface area contributed by atoms with Gasteiger partial charge in [0.15, 0.2) is 0 Å². The van der Waals surface area contributed by atoms with Gasteiger partial charge in [0.25, 0.3) is 0 Å². The molecule has 4 heterocycles. The van der Waals surface area contributed by atoms with Gasteiger partial charge in [0, 0.05) is 43.7 Å². The second-order valence-electron chi connectivity index (χ2n) is 10.1. The van der Waals surface area contributed by atoms with Crippen LogP contribution in [0.25, 0.3) is 0 Å². The number of morpholine rings is 1. The van der Waals surface area contributed by atoms with E-state index in [1.165, 1.54) is 40.6 Å². The Morgan fingerprint density at radius 3 is 2.33 bits per heavy atom. The summed E-state index contributed by atoms with van der Waals surface area (Å²) in [5.74, 6) is -2.79. The summed E-state index contributed by atoms with van der Waals surface area (Å²) in [6, 6.07) is 13.0. The van der Waals surface area contributed by atoms with Gasteiger partial charge < -0.3 is 14.5 Å². The third-order valence-electron chi connectivity index (χ3n) is 7.56. The highest BCUT2D eigenvalue weighted by Crippen LogP contribution is 2.54. The van der Waals surface area contributed by atoms with Gasteiger partial charge in [0.2, 0.25) is 17.7 Å². The highest BCUT2D eigenvalue weighted by Gasteiger charge is 2.56. The summed E-state index contributed by atoms with van der Waals surface area (Å²) in [7, 11) is 3.86. The van der Waals surface area contributed by atoms with E-state index in [-0.39, 0.29) is 17.3 Å². The molecule has 3 aromatic rings. The Morgan fingerprint density at radius 1 is 1.00 bits per heavy atom. The second kappa shape index (κ2) is 10.5. The Kier molecular flexibility index (Phi) is 7.01. The van der Waals surface area contributed by atoms with Crippen LogP contribution < -0.4 is 14.7 Å². The fourth-order valence-corrected chi connectivity index (χ4v) is 8.26. The molecule has 9 nitrogen and oxygen atoms in total. The van der Waals surface area contributed by atoms with E-state index in [1.54, 1.807) is 4.90 Å². The molecule has 0 unspecified atom stereocenters. The van der Waals surface area contributed by atoms with Crippen molar-refractivity contribution in [1.29, 1.82) is 0 Å². The van der Waals surface area contributed by atoms with E-state index < -0.39 is 34.7 Å². The maximum absolute atomic E-state index is 13.9. The normalized spacial score (nSPS) is 22.3. The molecule has 0 spiro atoms. The number of fused-ring (bicyclic) bond motifs is 2. The van der Waals surface area contributed by atoms with Crippen molar-refractivity contribution in [3.63, 3.8) is 0 Å². The molecule has 2 fully saturated rings. The van der Waals surface area contributed by atoms with E-state index in [0.29, 0.717) is 41.9 Å². The minimum atomic E-state index is -0.803. The van der Waals surface area contributed by atoms with E-state index in [1.807, 2.05) is 43.3 Å². The van der Waals surface area contributed by atoms with Crippen molar-refractivity contribution in [1.82, 2.24) is 9.47 Å². The summed E-state index contributed by atoms with van der Waals surface area (Å²) in [4.78, 5) is 59.2. The molecule has 208 valence electrons. The SMILES string of the molecule is CN(C)c1ccc([C@@H]2c3sc(=O)n(CC(=O)N4CCOCC4)c3S[C@H]3C(=O)N(c4ccc(F)cc4)C(=O)[C@@H]23)cc1. The lowest BCUT2D eigenvalue weighted by Gasteiger charge is -2.31. The van der Waals surface area contributed by atoms with Crippen molar-refractivity contribution in [2.24, 2.45) is 5.92 Å². The number of anilines is 2. The Hall–Kier alpha value is -3.48. The van der Waals surface area contributed by atoms with Gasteiger partial charge in [-0.15, -0.1) is 0 Å². The molecule has 2 aromatic carbocycles. The minimum absolute atomic E-state index is 0.148. The van der Waals surface area contributed by atoms with E-state index in [4.69, 9.17) is 4.74 Å². The van der Waals surface area contributed by atoms with Crippen LogP contribution in [-0.2, 0) is 25.7 Å². The molecular formula is C28H27FN4O5S2. The molecule has 0 aliphatic carbocycles. The van der Waals surface area contributed by atoms with Crippen LogP contribution >= 0.6 is 23.1 Å². The lowest BCUT2D eigenvalue weighted by Crippen LogP contribution is -2.43. The molecule has 1 aromatic heterocycles. The number of thiazole rings is 1. The molecule has 3 amide bonds. The first kappa shape index (κ1) is 26.7. The number of benzene rings is 2. The van der Waals surface area contributed by atoms with E-state index in [0.717, 1.165) is 27.5 Å². The standard InChI is InChI=1S/C28H27FN4O5S2/c1-30(2)18-7-3-16(4-8-18)21-22-23(26(36)33(25(22)35)19-9-5-17(29)6-10-19)39-27-24(21)40-28(37)32(27)15-20(34)31-11-13-38-14-12-31/h3-10,21-23H,11-15H2,1-2H3/t21-,22-,23+/m0/s1. The highest BCUT2D eigenvalue weighted by molar-refractivity contribution is 8.00. The van der Waals surface area contributed by atoms with Crippen molar-refractivity contribution < 1.29 is 23.5 Å². The number of carbonyl (C=O) groups is 3. The number of amides is 3. The maximum atomic E-state index is 13.9. The van der Waals surface area contributed by atoms with Crippen molar-refractivity contribution in [2.45, 2.75) is 22.7 Å². The van der Waals surface area contributed by atoms with Gasteiger partial charge >= 0.3 is 4.87 Å². The lowest BCUT2D eigenvalue weighted by atomic mass is 9.83. The second-order valence-corrected chi connectivity index (χ2v) is 12.3. The number of ether oxygens (including phenoxy) is 1. The minimum Gasteiger partial charge on any atom is -0.378 e. The summed E-state index contributed by atoms with van der Waals surface area (Å²) in [6.45, 7) is 1.66. The number of nitrogens with zero attached hydrogens (tertiary/aromatic N) is 4. The summed E-state index contributed by atoms with van der Waals surface area (Å²) in [5, 5.41) is -0.260. The Labute approximate surface area is 238 Å². The summed E-state index contributed by atoms with van der Waals surface area (Å²) < 4.78 is 20.4. The largest absolute Gasteiger partial charge is 0.378 e. The zero-order valence-corrected chi connectivity index (χ0v) is 23.5. The Bertz CT molecular complexity index is 1530. The van der Waals surface area contributed by atoms with Crippen molar-refractivity contribution in [3.05, 3.63) is 74.5 Å². The average Bonchev–Trinajstić information content (AvgIpc) is 3.40. The summed E-state index contributed by atoms with van der Waals surface area (Å²) >= 11 is 2.19. The number of aromatic nitrogens is 1. The number of thioether (sulfide) groups is 1. The Balaban J connectivity index is 1.43. The molecule has 3 aliphatic rings. The monoisotopic (exact) mass is 582 g/mol. The van der Waals surface area contributed by atoms with Crippen LogP contribution in [-0.4, -0.2) is 72.8 Å². The smallest absolute Gasteiger partial charge is 0.308 e. The van der Waals surface area contributed by atoms with Crippen molar-refractivity contribution >= 4 is 52.2 Å². The van der Waals surface area contributed by atoms with E-state index in [9.17, 15) is 23.6 Å². The maximum Gasteiger partial charge on any atom is 0.308 e. The van der Waals surface area contributed by atoms with Crippen LogP contribution in [0.3, 0.4) is 0 Å². The topological polar surface area (TPSA) is 92.2 Å². The van der Waals surface area contributed by atoms with Crippen molar-refractivity contribution in [3.8, 4) is 0 Å². The zero-order chi connectivity index (χ0) is 28.1. The zero-order valence-electron chi connectivity index (χ0n) is 21.9. The molecule has 0 saturated carbocycles. The summed E-state index contributed by atoms with van der Waals surface area (Å²) in [6.07, 6.45) is 0. The summed E-state index contributed by atoms with van der Waals surface area (Å²) in [5.41, 5.74) is 2.07. The third-order valence-corrected chi connectivity index (χ3v) is 10.2. The van der Waals surface area contributed by atoms with Crippen LogP contribution in [0.4, 0.5) is 15.8 Å². The predicted molar refractivity (Wildman–Crippen MR) is 151 cm³/mol. The van der Waals surface area contributed by atoms with Gasteiger partial charge in [-0.2, -0.15) is 0 Å². The molecule has 0 N–H and O–H groups in total. The molecule has 3 aliphatic heterocycles. The first-order chi connectivity index (χ1) is 19.2. The van der Waals surface area contributed by atoms with Gasteiger partial charge in [0.05, 0.1) is 29.8 Å². The molecule has 0 bridgehead atoms. The number of halogens is 1. The number of carbonyl (C=O) groups excluding carboxylic acids is 3. The van der Waals surface area contributed by atoms with Crippen molar-refractivity contribution in [2.75, 3.05) is 50.2 Å². The molecular weight excluding hydrogens is 555 g/mol. The third kappa shape index (κ3) is 4.53. The number of rotatable bonds is 5.